The molecule has 1 aliphatic carbocycles. The second kappa shape index (κ2) is 4.93. The van der Waals surface area contributed by atoms with Crippen LogP contribution in [0.4, 0.5) is 5.69 Å². The van der Waals surface area contributed by atoms with Crippen LogP contribution >= 0.6 is 11.6 Å². The van der Waals surface area contributed by atoms with E-state index in [0.29, 0.717) is 5.02 Å². The lowest BCUT2D eigenvalue weighted by Crippen LogP contribution is -2.33. The molecule has 1 saturated heterocycles. The van der Waals surface area contributed by atoms with Crippen molar-refractivity contribution in [3.8, 4) is 0 Å². The highest BCUT2D eigenvalue weighted by Gasteiger charge is 2.59. The molecular weight excluding hydrogens is 362 g/mol. The predicted octanol–water partition coefficient (Wildman–Crippen LogP) is 3.78. The number of aromatic amines is 1. The zero-order valence-electron chi connectivity index (χ0n) is 14.5. The summed E-state index contributed by atoms with van der Waals surface area (Å²) in [7, 11) is 1.59. The Hall–Kier alpha value is -2.79. The second-order valence-corrected chi connectivity index (χ2v) is 8.00. The van der Waals surface area contributed by atoms with Gasteiger partial charge in [-0.15, -0.1) is 0 Å². The van der Waals surface area contributed by atoms with Gasteiger partial charge in [-0.2, -0.15) is 0 Å². The summed E-state index contributed by atoms with van der Waals surface area (Å²) in [6.45, 7) is 0. The number of para-hydroxylation sites is 2. The number of carbonyl (C=O) groups is 2. The van der Waals surface area contributed by atoms with Crippen LogP contribution < -0.4 is 5.32 Å². The van der Waals surface area contributed by atoms with Gasteiger partial charge in [-0.05, 0) is 23.3 Å². The smallest absolute Gasteiger partial charge is 0.237 e. The summed E-state index contributed by atoms with van der Waals surface area (Å²) >= 11 is 6.43. The fourth-order valence-corrected chi connectivity index (χ4v) is 5.53. The number of imide groups is 1. The van der Waals surface area contributed by atoms with Crippen LogP contribution in [0.25, 0.3) is 10.9 Å². The molecule has 6 heteroatoms. The van der Waals surface area contributed by atoms with Crippen molar-refractivity contribution in [1.82, 2.24) is 9.88 Å². The van der Waals surface area contributed by atoms with Gasteiger partial charge in [-0.3, -0.25) is 14.5 Å². The van der Waals surface area contributed by atoms with Crippen molar-refractivity contribution < 1.29 is 9.59 Å². The molecule has 1 aromatic heterocycles. The maximum Gasteiger partial charge on any atom is 0.237 e. The predicted molar refractivity (Wildman–Crippen MR) is 103 cm³/mol. The van der Waals surface area contributed by atoms with Crippen molar-refractivity contribution in [1.29, 1.82) is 0 Å². The molecule has 0 saturated carbocycles. The first kappa shape index (κ1) is 15.3. The number of amides is 2. The zero-order chi connectivity index (χ0) is 18.4. The fourth-order valence-electron chi connectivity index (χ4n) is 5.31. The number of rotatable bonds is 0. The Morgan fingerprint density at radius 3 is 2.67 bits per heavy atom. The van der Waals surface area contributed by atoms with Gasteiger partial charge in [-0.1, -0.05) is 41.9 Å². The van der Waals surface area contributed by atoms with Gasteiger partial charge in [-0.25, -0.2) is 0 Å². The number of H-pyrrole nitrogens is 1. The number of likely N-dealkylation sites (N-methyl/N-ethyl adjacent to an activating group) is 1. The van der Waals surface area contributed by atoms with Crippen LogP contribution in [0.15, 0.2) is 42.5 Å². The minimum absolute atomic E-state index is 0.0769. The molecule has 2 aromatic carbocycles. The van der Waals surface area contributed by atoms with Gasteiger partial charge in [0.05, 0.1) is 28.4 Å². The van der Waals surface area contributed by atoms with Gasteiger partial charge in [0, 0.05) is 29.7 Å². The fraction of sp³-hybridized carbons (Fsp3) is 0.238. The Morgan fingerprint density at radius 2 is 1.81 bits per heavy atom. The SMILES string of the molecule is CN1C(=O)[C@@H]2[C@@H]3c4ccccc4N[C@@H]3c3[nH]c4c(Cl)cccc4c3[C@@H]2C1=O. The molecule has 2 N–H and O–H groups in total. The molecule has 134 valence electrons. The van der Waals surface area contributed by atoms with Crippen molar-refractivity contribution >= 4 is 40.0 Å². The van der Waals surface area contributed by atoms with E-state index in [9.17, 15) is 9.59 Å². The maximum atomic E-state index is 13.1. The third kappa shape index (κ3) is 1.71. The van der Waals surface area contributed by atoms with Crippen LogP contribution in [-0.2, 0) is 9.59 Å². The van der Waals surface area contributed by atoms with Crippen molar-refractivity contribution in [2.24, 2.45) is 5.92 Å². The summed E-state index contributed by atoms with van der Waals surface area (Å²) in [5.41, 5.74) is 4.85. The van der Waals surface area contributed by atoms with Crippen LogP contribution in [0.1, 0.15) is 34.7 Å². The van der Waals surface area contributed by atoms with Crippen LogP contribution in [-0.4, -0.2) is 28.7 Å². The lowest BCUT2D eigenvalue weighted by Gasteiger charge is -2.33. The third-order valence-electron chi connectivity index (χ3n) is 6.42. The summed E-state index contributed by atoms with van der Waals surface area (Å²) in [5, 5.41) is 5.13. The van der Waals surface area contributed by atoms with Gasteiger partial charge < -0.3 is 10.3 Å². The number of carbonyl (C=O) groups excluding carboxylic acids is 2. The number of nitrogens with one attached hydrogen (secondary N) is 2. The summed E-state index contributed by atoms with van der Waals surface area (Å²) < 4.78 is 0. The number of hydrogen-bond donors (Lipinski definition) is 2. The van der Waals surface area contributed by atoms with Crippen LogP contribution in [0.2, 0.25) is 5.02 Å². The number of aromatic nitrogens is 1. The maximum absolute atomic E-state index is 13.1. The van der Waals surface area contributed by atoms with E-state index in [0.717, 1.165) is 33.4 Å². The Labute approximate surface area is 160 Å². The van der Waals surface area contributed by atoms with E-state index >= 15 is 0 Å². The van der Waals surface area contributed by atoms with Gasteiger partial charge >= 0.3 is 0 Å². The molecule has 3 aromatic rings. The number of halogens is 1. The molecule has 3 aliphatic rings. The number of likely N-dealkylation sites (tertiary alicyclic amines) is 1. The minimum atomic E-state index is -0.473. The van der Waals surface area contributed by atoms with Gasteiger partial charge in [0.1, 0.15) is 0 Å². The average Bonchev–Trinajstić information content (AvgIpc) is 3.30. The Morgan fingerprint density at radius 1 is 1.00 bits per heavy atom. The summed E-state index contributed by atoms with van der Waals surface area (Å²) in [6.07, 6.45) is 0. The van der Waals surface area contributed by atoms with Crippen molar-refractivity contribution in [2.75, 3.05) is 12.4 Å². The number of anilines is 1. The lowest BCUT2D eigenvalue weighted by atomic mass is 9.68. The standard InChI is InChI=1S/C21H16ClN3O2/c1-25-20(26)15-13-9-5-2-3-8-12(9)23-18(13)19-14(16(15)21(25)27)10-6-4-7-11(22)17(10)24-19/h2-8,13,15-16,18,23-24H,1H3/t13-,15+,16-,18-/m0/s1. The highest BCUT2D eigenvalue weighted by atomic mass is 35.5. The zero-order valence-corrected chi connectivity index (χ0v) is 15.2. The summed E-state index contributed by atoms with van der Waals surface area (Å²) in [4.78, 5) is 30.9. The number of nitrogens with zero attached hydrogens (tertiary/aromatic N) is 1. The van der Waals surface area contributed by atoms with Crippen LogP contribution in [0.3, 0.4) is 0 Å². The topological polar surface area (TPSA) is 65.2 Å². The van der Waals surface area contributed by atoms with Crippen LogP contribution in [0, 0.1) is 5.92 Å². The Bertz CT molecular complexity index is 1170. The first-order chi connectivity index (χ1) is 13.1. The quantitative estimate of drug-likeness (QED) is 0.586. The van der Waals surface area contributed by atoms with Gasteiger partial charge in [0.2, 0.25) is 11.8 Å². The molecule has 4 atom stereocenters. The van der Waals surface area contributed by atoms with E-state index in [1.165, 1.54) is 4.90 Å². The van der Waals surface area contributed by atoms with E-state index in [1.807, 2.05) is 36.4 Å². The molecule has 5 nitrogen and oxygen atoms in total. The van der Waals surface area contributed by atoms with E-state index in [4.69, 9.17) is 11.6 Å². The van der Waals surface area contributed by atoms with Crippen molar-refractivity contribution in [2.45, 2.75) is 17.9 Å². The monoisotopic (exact) mass is 377 g/mol. The first-order valence-corrected chi connectivity index (χ1v) is 9.42. The first-order valence-electron chi connectivity index (χ1n) is 9.05. The Kier molecular flexibility index (Phi) is 2.79. The molecule has 27 heavy (non-hydrogen) atoms. The molecule has 0 bridgehead atoms. The number of hydrogen-bond acceptors (Lipinski definition) is 3. The minimum Gasteiger partial charge on any atom is -0.376 e. The lowest BCUT2D eigenvalue weighted by molar-refractivity contribution is -0.138. The molecular formula is C21H16ClN3O2. The molecule has 0 radical (unpaired) electrons. The number of fused-ring (bicyclic) bond motifs is 10. The largest absolute Gasteiger partial charge is 0.376 e. The third-order valence-corrected chi connectivity index (χ3v) is 6.74. The van der Waals surface area contributed by atoms with Crippen molar-refractivity contribution in [3.05, 3.63) is 64.3 Å². The molecule has 2 aliphatic heterocycles. The van der Waals surface area contributed by atoms with E-state index in [1.54, 1.807) is 7.05 Å². The summed E-state index contributed by atoms with van der Waals surface area (Å²) in [5.74, 6) is -1.17. The van der Waals surface area contributed by atoms with Gasteiger partial charge in [0.15, 0.2) is 0 Å². The normalized spacial score (nSPS) is 28.0. The molecule has 2 amide bonds. The highest BCUT2D eigenvalue weighted by Crippen LogP contribution is 2.60. The van der Waals surface area contributed by atoms with Crippen molar-refractivity contribution in [3.63, 3.8) is 0 Å². The van der Waals surface area contributed by atoms with Gasteiger partial charge in [0.25, 0.3) is 0 Å². The van der Waals surface area contributed by atoms with E-state index in [2.05, 4.69) is 16.4 Å². The molecule has 3 heterocycles. The second-order valence-electron chi connectivity index (χ2n) is 7.59. The van der Waals surface area contributed by atoms with E-state index < -0.39 is 11.8 Å². The Balaban J connectivity index is 1.70. The average molecular weight is 378 g/mol. The van der Waals surface area contributed by atoms with E-state index in [-0.39, 0.29) is 23.8 Å². The molecule has 0 spiro atoms. The number of benzene rings is 2. The molecule has 1 fully saturated rings. The molecule has 6 rings (SSSR count). The molecule has 0 unspecified atom stereocenters. The highest BCUT2D eigenvalue weighted by molar-refractivity contribution is 6.35. The summed E-state index contributed by atoms with van der Waals surface area (Å²) in [6, 6.07) is 13.7. The van der Waals surface area contributed by atoms with Crippen LogP contribution in [0.5, 0.6) is 0 Å².